The Morgan fingerprint density at radius 3 is 1.73 bits per heavy atom. The molecule has 0 fully saturated rings. The minimum Gasteiger partial charge on any atom is -0.395 e. The van der Waals surface area contributed by atoms with E-state index >= 15 is 0 Å². The fourth-order valence-corrected chi connectivity index (χ4v) is 7.01. The van der Waals surface area contributed by atoms with Gasteiger partial charge in [0.25, 0.3) is 0 Å². The third-order valence-corrected chi connectivity index (χ3v) is 10.4. The van der Waals surface area contributed by atoms with Gasteiger partial charge in [-0.05, 0) is 52.8 Å². The van der Waals surface area contributed by atoms with Crippen LogP contribution in [0.4, 0.5) is 5.69 Å². The van der Waals surface area contributed by atoms with E-state index < -0.39 is 47.7 Å². The number of anilines is 1. The normalized spacial score (nSPS) is 12.2. The molecule has 4 aromatic carbocycles. The number of rotatable bonds is 21. The van der Waals surface area contributed by atoms with Gasteiger partial charge in [-0.2, -0.15) is 0 Å². The summed E-state index contributed by atoms with van der Waals surface area (Å²) in [6.07, 6.45) is -0.0579. The molecule has 3 atom stereocenters. The molecule has 0 aliphatic rings. The molecule has 0 saturated carbocycles. The van der Waals surface area contributed by atoms with Crippen molar-refractivity contribution in [3.63, 3.8) is 0 Å². The van der Waals surface area contributed by atoms with Gasteiger partial charge in [-0.25, -0.2) is 0 Å². The van der Waals surface area contributed by atoms with E-state index in [9.17, 15) is 28.8 Å². The highest BCUT2D eigenvalue weighted by atomic mass is 32.1. The molecule has 1 aromatic heterocycles. The van der Waals surface area contributed by atoms with E-state index in [0.717, 1.165) is 32.7 Å². The van der Waals surface area contributed by atoms with Crippen molar-refractivity contribution >= 4 is 52.5 Å². The van der Waals surface area contributed by atoms with Crippen molar-refractivity contribution in [3.8, 4) is 11.1 Å². The number of nitrogens with one attached hydrogen (secondary N) is 6. The maximum absolute atomic E-state index is 14.3. The number of aryl methyl sites for hydroxylation is 1. The fourth-order valence-electron chi connectivity index (χ4n) is 6.25. The van der Waals surface area contributed by atoms with Crippen LogP contribution in [0.3, 0.4) is 0 Å². The highest BCUT2D eigenvalue weighted by Crippen LogP contribution is 2.20. The van der Waals surface area contributed by atoms with E-state index in [1.807, 2.05) is 97.2 Å². The first kappa shape index (κ1) is 44.5. The number of thiophene rings is 1. The second-order valence-corrected chi connectivity index (χ2v) is 15.2. The Hall–Kier alpha value is -6.64. The van der Waals surface area contributed by atoms with Crippen molar-refractivity contribution in [2.45, 2.75) is 57.2 Å². The first-order chi connectivity index (χ1) is 29.1. The maximum atomic E-state index is 14.3. The first-order valence-corrected chi connectivity index (χ1v) is 20.6. The van der Waals surface area contributed by atoms with Crippen LogP contribution >= 0.6 is 11.3 Å². The Balaban J connectivity index is 1.35. The van der Waals surface area contributed by atoms with Crippen molar-refractivity contribution in [1.29, 1.82) is 0 Å². The smallest absolute Gasteiger partial charge is 0.243 e. The molecule has 5 rings (SSSR count). The van der Waals surface area contributed by atoms with Gasteiger partial charge in [0.15, 0.2) is 0 Å². The average Bonchev–Trinajstić information content (AvgIpc) is 3.78. The monoisotopic (exact) mass is 830 g/mol. The summed E-state index contributed by atoms with van der Waals surface area (Å²) in [7, 11) is 0. The van der Waals surface area contributed by atoms with Crippen LogP contribution in [0.2, 0.25) is 0 Å². The molecule has 7 N–H and O–H groups in total. The molecular formula is C46H50N6O7S. The minimum absolute atomic E-state index is 0.0177. The molecule has 5 aromatic rings. The van der Waals surface area contributed by atoms with Crippen molar-refractivity contribution < 1.29 is 33.9 Å². The van der Waals surface area contributed by atoms with Gasteiger partial charge in [-0.3, -0.25) is 28.8 Å². The number of hydrogen-bond acceptors (Lipinski definition) is 8. The Bertz CT molecular complexity index is 2170. The fraction of sp³-hybridized carbons (Fsp3) is 0.261. The largest absolute Gasteiger partial charge is 0.395 e. The minimum atomic E-state index is -1.21. The SMILES string of the molecule is Cc1ccc(NC(=O)CCC(=O)N[C@H](Cc2cccs2)C(=O)N[C@@H](Cc2ccc(-c3ccccc3)cc2)C(=O)N[C@H](Cc2ccccc2)C(=O)NCC(=O)NCCO)cc1. The zero-order valence-electron chi connectivity index (χ0n) is 33.3. The van der Waals surface area contributed by atoms with E-state index in [1.165, 1.54) is 11.3 Å². The number of hydrogen-bond donors (Lipinski definition) is 7. The lowest BCUT2D eigenvalue weighted by molar-refractivity contribution is -0.134. The van der Waals surface area contributed by atoms with E-state index in [4.69, 9.17) is 5.11 Å². The second kappa shape index (κ2) is 23.1. The van der Waals surface area contributed by atoms with Crippen LogP contribution in [0.1, 0.15) is 34.4 Å². The molecule has 13 nitrogen and oxygen atoms in total. The molecule has 0 spiro atoms. The third-order valence-electron chi connectivity index (χ3n) is 9.46. The number of carbonyl (C=O) groups excluding carboxylic acids is 6. The van der Waals surface area contributed by atoms with Crippen molar-refractivity contribution in [2.75, 3.05) is 25.0 Å². The third kappa shape index (κ3) is 14.6. The molecule has 0 radical (unpaired) electrons. The Kier molecular flexibility index (Phi) is 17.1. The maximum Gasteiger partial charge on any atom is 0.243 e. The van der Waals surface area contributed by atoms with E-state index in [0.29, 0.717) is 5.69 Å². The summed E-state index contributed by atoms with van der Waals surface area (Å²) < 4.78 is 0. The van der Waals surface area contributed by atoms with E-state index in [2.05, 4.69) is 31.9 Å². The van der Waals surface area contributed by atoms with Gasteiger partial charge in [0.05, 0.1) is 13.2 Å². The Labute approximate surface area is 353 Å². The molecular weight excluding hydrogens is 781 g/mol. The van der Waals surface area contributed by atoms with Crippen LogP contribution in [0.15, 0.2) is 127 Å². The molecule has 0 aliphatic heterocycles. The van der Waals surface area contributed by atoms with Crippen LogP contribution in [0.5, 0.6) is 0 Å². The summed E-state index contributed by atoms with van der Waals surface area (Å²) in [5.41, 5.74) is 5.07. The summed E-state index contributed by atoms with van der Waals surface area (Å²) in [6.45, 7) is 1.30. The predicted octanol–water partition coefficient (Wildman–Crippen LogP) is 3.85. The number of amides is 6. The van der Waals surface area contributed by atoms with Crippen molar-refractivity contribution in [3.05, 3.63) is 148 Å². The zero-order chi connectivity index (χ0) is 42.7. The van der Waals surface area contributed by atoms with Gasteiger partial charge in [0.2, 0.25) is 35.4 Å². The summed E-state index contributed by atoms with van der Waals surface area (Å²) >= 11 is 1.41. The van der Waals surface area contributed by atoms with Crippen LogP contribution in [-0.2, 0) is 48.0 Å². The van der Waals surface area contributed by atoms with Gasteiger partial charge in [-0.15, -0.1) is 11.3 Å². The van der Waals surface area contributed by atoms with Crippen LogP contribution in [0, 0.1) is 6.92 Å². The lowest BCUT2D eigenvalue weighted by Gasteiger charge is -2.26. The molecule has 0 saturated heterocycles. The van der Waals surface area contributed by atoms with E-state index in [-0.39, 0.29) is 57.7 Å². The number of benzene rings is 4. The number of carbonyl (C=O) groups is 6. The second-order valence-electron chi connectivity index (χ2n) is 14.2. The quantitative estimate of drug-likeness (QED) is 0.0584. The highest BCUT2D eigenvalue weighted by Gasteiger charge is 2.31. The lowest BCUT2D eigenvalue weighted by atomic mass is 9.99. The van der Waals surface area contributed by atoms with Gasteiger partial charge < -0.3 is 37.0 Å². The van der Waals surface area contributed by atoms with Gasteiger partial charge >= 0.3 is 0 Å². The van der Waals surface area contributed by atoms with Crippen molar-refractivity contribution in [2.24, 2.45) is 0 Å². The highest BCUT2D eigenvalue weighted by molar-refractivity contribution is 7.09. The summed E-state index contributed by atoms with van der Waals surface area (Å²) in [6, 6.07) is 33.9. The van der Waals surface area contributed by atoms with Crippen molar-refractivity contribution in [1.82, 2.24) is 26.6 Å². The van der Waals surface area contributed by atoms with Crippen LogP contribution in [-0.4, -0.2) is 78.4 Å². The summed E-state index contributed by atoms with van der Waals surface area (Å²) in [5.74, 6) is -3.32. The molecule has 6 amide bonds. The molecule has 312 valence electrons. The topological polar surface area (TPSA) is 195 Å². The summed E-state index contributed by atoms with van der Waals surface area (Å²) in [5, 5.41) is 27.1. The number of aliphatic hydroxyl groups excluding tert-OH is 1. The Morgan fingerprint density at radius 1 is 0.550 bits per heavy atom. The van der Waals surface area contributed by atoms with Gasteiger partial charge in [0, 0.05) is 49.2 Å². The van der Waals surface area contributed by atoms with E-state index in [1.54, 1.807) is 36.4 Å². The Morgan fingerprint density at radius 2 is 1.12 bits per heavy atom. The molecule has 0 bridgehead atoms. The van der Waals surface area contributed by atoms with Gasteiger partial charge in [-0.1, -0.05) is 109 Å². The average molecular weight is 831 g/mol. The van der Waals surface area contributed by atoms with Gasteiger partial charge in [0.1, 0.15) is 18.1 Å². The molecule has 1 heterocycles. The molecule has 60 heavy (non-hydrogen) atoms. The van der Waals surface area contributed by atoms with Crippen LogP contribution in [0.25, 0.3) is 11.1 Å². The zero-order valence-corrected chi connectivity index (χ0v) is 34.1. The summed E-state index contributed by atoms with van der Waals surface area (Å²) in [4.78, 5) is 81.1. The molecule has 0 aliphatic carbocycles. The first-order valence-electron chi connectivity index (χ1n) is 19.7. The standard InChI is InChI=1S/C46H50N6O7S/c1-31-14-20-36(21-15-31)49-41(54)22-23-42(55)50-40(29-37-13-8-26-60-37)46(59)52-39(28-33-16-18-35(19-17-33)34-11-6-3-7-12-34)45(58)51-38(27-32-9-4-2-5-10-32)44(57)48-30-43(56)47-24-25-53/h2-21,26,38-40,53H,22-25,27-30H2,1H3,(H,47,56)(H,48,57)(H,49,54)(H,50,55)(H,51,58)(H,52,59)/t38-,39+,40-/m1/s1. The van der Waals surface area contributed by atoms with Crippen LogP contribution < -0.4 is 31.9 Å². The lowest BCUT2D eigenvalue weighted by Crippen LogP contribution is -2.58. The molecule has 14 heteroatoms. The number of aliphatic hydroxyl groups is 1. The predicted molar refractivity (Wildman–Crippen MR) is 232 cm³/mol. The molecule has 0 unspecified atom stereocenters.